The van der Waals surface area contributed by atoms with Gasteiger partial charge in [0.25, 0.3) is 0 Å². The zero-order chi connectivity index (χ0) is 21.8. The summed E-state index contributed by atoms with van der Waals surface area (Å²) in [6.07, 6.45) is -8.29. The molecule has 6 rings (SSSR count). The van der Waals surface area contributed by atoms with Crippen molar-refractivity contribution < 1.29 is 48.7 Å². The summed E-state index contributed by atoms with van der Waals surface area (Å²) in [4.78, 5) is 38.2. The number of aliphatic hydroxyl groups is 3. The van der Waals surface area contributed by atoms with Gasteiger partial charge in [0, 0.05) is 5.92 Å². The molecule has 0 aromatic rings. The molecule has 2 saturated carbocycles. The molecular formula is C20H24O10. The molecule has 0 bridgehead atoms. The van der Waals surface area contributed by atoms with Gasteiger partial charge in [0.2, 0.25) is 6.29 Å². The van der Waals surface area contributed by atoms with E-state index in [0.717, 1.165) is 0 Å². The third-order valence-electron chi connectivity index (χ3n) is 8.76. The molecule has 4 aliphatic heterocycles. The smallest absolute Gasteiger partial charge is 0.340 e. The number of aliphatic hydroxyl groups excluding tert-OH is 3. The lowest BCUT2D eigenvalue weighted by molar-refractivity contribution is -0.208. The van der Waals surface area contributed by atoms with E-state index in [1.54, 1.807) is 6.92 Å². The van der Waals surface area contributed by atoms with E-state index in [0.29, 0.717) is 0 Å². The first-order valence-electron chi connectivity index (χ1n) is 10.2. The Morgan fingerprint density at radius 2 is 1.63 bits per heavy atom. The summed E-state index contributed by atoms with van der Waals surface area (Å²) in [7, 11) is 0. The van der Waals surface area contributed by atoms with Crippen molar-refractivity contribution in [1.82, 2.24) is 0 Å². The van der Waals surface area contributed by atoms with Gasteiger partial charge in [-0.15, -0.1) is 0 Å². The Morgan fingerprint density at radius 1 is 0.967 bits per heavy atom. The van der Waals surface area contributed by atoms with E-state index >= 15 is 0 Å². The van der Waals surface area contributed by atoms with Crippen molar-refractivity contribution in [3.8, 4) is 0 Å². The average Bonchev–Trinajstić information content (AvgIpc) is 3.34. The predicted molar refractivity (Wildman–Crippen MR) is 91.9 cm³/mol. The largest absolute Gasteiger partial charge is 0.459 e. The summed E-state index contributed by atoms with van der Waals surface area (Å²) in [5.41, 5.74) is -5.96. The summed E-state index contributed by atoms with van der Waals surface area (Å²) in [5, 5.41) is 34.2. The molecule has 0 aromatic heterocycles. The van der Waals surface area contributed by atoms with Crippen LogP contribution in [0.25, 0.3) is 0 Å². The van der Waals surface area contributed by atoms with Crippen molar-refractivity contribution in [3.63, 3.8) is 0 Å². The summed E-state index contributed by atoms with van der Waals surface area (Å²) in [5.74, 6) is -4.90. The third kappa shape index (κ3) is 1.40. The molecule has 2 spiro atoms. The highest BCUT2D eigenvalue weighted by molar-refractivity contribution is 5.92. The van der Waals surface area contributed by atoms with Gasteiger partial charge >= 0.3 is 17.9 Å². The second kappa shape index (κ2) is 4.85. The zero-order valence-electron chi connectivity index (χ0n) is 16.9. The van der Waals surface area contributed by atoms with Crippen molar-refractivity contribution in [2.75, 3.05) is 0 Å². The molecule has 0 radical (unpaired) electrons. The van der Waals surface area contributed by atoms with Gasteiger partial charge in [0.1, 0.15) is 18.3 Å². The van der Waals surface area contributed by atoms with Crippen LogP contribution in [0.2, 0.25) is 0 Å². The summed E-state index contributed by atoms with van der Waals surface area (Å²) < 4.78 is 22.7. The van der Waals surface area contributed by atoms with Crippen molar-refractivity contribution in [3.05, 3.63) is 0 Å². The Hall–Kier alpha value is -1.75. The van der Waals surface area contributed by atoms with Gasteiger partial charge < -0.3 is 34.3 Å². The summed E-state index contributed by atoms with van der Waals surface area (Å²) >= 11 is 0. The number of esters is 3. The van der Waals surface area contributed by atoms with E-state index in [-0.39, 0.29) is 0 Å². The van der Waals surface area contributed by atoms with Crippen LogP contribution in [0.4, 0.5) is 0 Å². The Kier molecular flexibility index (Phi) is 3.06. The first-order valence-corrected chi connectivity index (χ1v) is 10.2. The number of rotatable bonds is 0. The van der Waals surface area contributed by atoms with Gasteiger partial charge in [-0.3, -0.25) is 4.79 Å². The van der Waals surface area contributed by atoms with Crippen molar-refractivity contribution in [2.45, 2.75) is 70.1 Å². The van der Waals surface area contributed by atoms with E-state index in [1.165, 1.54) is 0 Å². The monoisotopic (exact) mass is 424 g/mol. The molecule has 0 amide bonds. The van der Waals surface area contributed by atoms with Gasteiger partial charge in [-0.2, -0.15) is 0 Å². The second-order valence-electron chi connectivity index (χ2n) is 10.6. The van der Waals surface area contributed by atoms with E-state index < -0.39 is 94.3 Å². The molecule has 2 aliphatic carbocycles. The van der Waals surface area contributed by atoms with Gasteiger partial charge in [0.05, 0.1) is 28.8 Å². The van der Waals surface area contributed by atoms with E-state index in [1.807, 2.05) is 20.8 Å². The highest BCUT2D eigenvalue weighted by Crippen LogP contribution is 2.83. The molecule has 3 N–H and O–H groups in total. The SMILES string of the molecule is C[C@@H]1C(=O)O[C@@H]2C1[C@@]13O[C@@H]4OC(=O)[C@H](O)[C@@]45[C@H](C(C)(C)C)[C@@H](O)[C@@H](OC1=O)[C@]53[C@H]2O. The minimum atomic E-state index is -1.89. The summed E-state index contributed by atoms with van der Waals surface area (Å²) in [6.45, 7) is 7.05. The Labute approximate surface area is 171 Å². The van der Waals surface area contributed by atoms with Crippen LogP contribution in [0, 0.1) is 34.0 Å². The van der Waals surface area contributed by atoms with Crippen molar-refractivity contribution >= 4 is 17.9 Å². The van der Waals surface area contributed by atoms with Crippen LogP contribution >= 0.6 is 0 Å². The van der Waals surface area contributed by atoms with Crippen LogP contribution in [0.3, 0.4) is 0 Å². The van der Waals surface area contributed by atoms with Crippen molar-refractivity contribution in [2.24, 2.45) is 34.0 Å². The molecule has 1 unspecified atom stereocenters. The molecule has 164 valence electrons. The molecule has 12 atom stereocenters. The van der Waals surface area contributed by atoms with Crippen molar-refractivity contribution in [1.29, 1.82) is 0 Å². The molecule has 4 heterocycles. The molecule has 0 aromatic carbocycles. The molecular weight excluding hydrogens is 400 g/mol. The normalized spacial score (nSPS) is 60.1. The van der Waals surface area contributed by atoms with Crippen LogP contribution in [0.1, 0.15) is 27.7 Å². The maximum atomic E-state index is 13.3. The standard InChI is InChI=1S/C20H24O10/c1-5-6-8(27-13(5)24)10(22)19-12-7(21)9(17(2,3)4)18(19)11(23)14(25)29-16(18)30-20(6,19)15(26)28-12/h5-12,16,21-23H,1-4H3/t5-,6?,7+,8+,9-,10-,11-,12+,16-,18-,19+,20+/m0/s1. The first-order chi connectivity index (χ1) is 13.9. The maximum Gasteiger partial charge on any atom is 0.340 e. The molecule has 10 nitrogen and oxygen atoms in total. The Balaban J connectivity index is 1.71. The van der Waals surface area contributed by atoms with Crippen LogP contribution in [0.15, 0.2) is 0 Å². The Bertz CT molecular complexity index is 910. The molecule has 10 heteroatoms. The zero-order valence-corrected chi connectivity index (χ0v) is 16.9. The number of carbonyl (C=O) groups is 3. The average molecular weight is 424 g/mol. The van der Waals surface area contributed by atoms with Crippen LogP contribution in [0.5, 0.6) is 0 Å². The number of fused-ring (bicyclic) bond motifs is 1. The lowest BCUT2D eigenvalue weighted by Crippen LogP contribution is -2.63. The van der Waals surface area contributed by atoms with Gasteiger partial charge in [-0.25, -0.2) is 9.59 Å². The van der Waals surface area contributed by atoms with Gasteiger partial charge in [-0.1, -0.05) is 27.7 Å². The fourth-order valence-corrected chi connectivity index (χ4v) is 8.28. The first kappa shape index (κ1) is 19.0. The number of hydrogen-bond donors (Lipinski definition) is 3. The maximum absolute atomic E-state index is 13.3. The highest BCUT2D eigenvalue weighted by atomic mass is 16.7. The number of hydrogen-bond acceptors (Lipinski definition) is 10. The van der Waals surface area contributed by atoms with Crippen LogP contribution in [-0.4, -0.2) is 75.6 Å². The molecule has 6 fully saturated rings. The van der Waals surface area contributed by atoms with Crippen LogP contribution in [-0.2, 0) is 33.3 Å². The van der Waals surface area contributed by atoms with Gasteiger partial charge in [0.15, 0.2) is 11.7 Å². The second-order valence-corrected chi connectivity index (χ2v) is 10.6. The quantitative estimate of drug-likeness (QED) is 0.309. The van der Waals surface area contributed by atoms with E-state index in [4.69, 9.17) is 18.9 Å². The van der Waals surface area contributed by atoms with E-state index in [2.05, 4.69) is 0 Å². The van der Waals surface area contributed by atoms with E-state index in [9.17, 15) is 29.7 Å². The molecule has 6 aliphatic rings. The third-order valence-corrected chi connectivity index (χ3v) is 8.76. The lowest BCUT2D eigenvalue weighted by Gasteiger charge is -2.47. The minimum absolute atomic E-state index is 0.581. The predicted octanol–water partition coefficient (Wildman–Crippen LogP) is -1.51. The fraction of sp³-hybridized carbons (Fsp3) is 0.850. The lowest BCUT2D eigenvalue weighted by atomic mass is 9.51. The van der Waals surface area contributed by atoms with Crippen LogP contribution < -0.4 is 0 Å². The Morgan fingerprint density at radius 3 is 2.27 bits per heavy atom. The molecule has 4 saturated heterocycles. The fourth-order valence-electron chi connectivity index (χ4n) is 8.28. The molecule has 30 heavy (non-hydrogen) atoms. The summed E-state index contributed by atoms with van der Waals surface area (Å²) in [6, 6.07) is 0. The van der Waals surface area contributed by atoms with Gasteiger partial charge in [-0.05, 0) is 5.41 Å². The topological polar surface area (TPSA) is 149 Å². The number of ether oxygens (including phenoxy) is 4. The minimum Gasteiger partial charge on any atom is -0.459 e. The highest BCUT2D eigenvalue weighted by Gasteiger charge is 3.01. The number of carbonyl (C=O) groups excluding carboxylic acids is 3.